The highest BCUT2D eigenvalue weighted by atomic mass is 16.5. The molecule has 0 atom stereocenters. The Morgan fingerprint density at radius 2 is 1.90 bits per heavy atom. The summed E-state index contributed by atoms with van der Waals surface area (Å²) in [6.45, 7) is 3.13. The highest BCUT2D eigenvalue weighted by Gasteiger charge is 2.16. The van der Waals surface area contributed by atoms with Gasteiger partial charge < -0.3 is 19.5 Å². The largest absolute Gasteiger partial charge is 0.378 e. The van der Waals surface area contributed by atoms with Gasteiger partial charge in [0.2, 0.25) is 0 Å². The molecule has 21 heavy (non-hydrogen) atoms. The summed E-state index contributed by atoms with van der Waals surface area (Å²) in [4.78, 5) is 14.6. The zero-order valence-electron chi connectivity index (χ0n) is 12.1. The number of hydrogen-bond donors (Lipinski definition) is 1. The number of aromatic nitrogens is 1. The first-order valence-electron chi connectivity index (χ1n) is 7.10. The van der Waals surface area contributed by atoms with Gasteiger partial charge in [-0.05, 0) is 24.3 Å². The summed E-state index contributed by atoms with van der Waals surface area (Å²) < 4.78 is 7.20. The number of morpholine rings is 1. The summed E-state index contributed by atoms with van der Waals surface area (Å²) in [6, 6.07) is 11.6. The summed E-state index contributed by atoms with van der Waals surface area (Å²) in [6.07, 6.45) is 1.86. The molecular formula is C16H19N3O2. The van der Waals surface area contributed by atoms with Crippen molar-refractivity contribution in [2.24, 2.45) is 7.05 Å². The average molecular weight is 285 g/mol. The monoisotopic (exact) mass is 285 g/mol. The molecule has 3 rings (SSSR count). The van der Waals surface area contributed by atoms with Crippen LogP contribution >= 0.6 is 0 Å². The van der Waals surface area contributed by atoms with Crippen LogP contribution in [0.2, 0.25) is 0 Å². The maximum absolute atomic E-state index is 12.4. The minimum atomic E-state index is -0.0943. The van der Waals surface area contributed by atoms with Crippen LogP contribution in [0, 0.1) is 0 Å². The van der Waals surface area contributed by atoms with Gasteiger partial charge in [0.15, 0.2) is 0 Å². The van der Waals surface area contributed by atoms with Gasteiger partial charge in [0.1, 0.15) is 5.69 Å². The molecule has 110 valence electrons. The van der Waals surface area contributed by atoms with E-state index in [1.807, 2.05) is 54.2 Å². The van der Waals surface area contributed by atoms with Gasteiger partial charge in [0, 0.05) is 26.3 Å². The van der Waals surface area contributed by atoms with E-state index in [0.717, 1.165) is 37.7 Å². The Hall–Kier alpha value is -2.27. The normalized spacial score (nSPS) is 15.0. The zero-order valence-corrected chi connectivity index (χ0v) is 12.1. The number of nitrogens with one attached hydrogen (secondary N) is 1. The van der Waals surface area contributed by atoms with Gasteiger partial charge in [-0.15, -0.1) is 0 Å². The van der Waals surface area contributed by atoms with Crippen molar-refractivity contribution in [2.45, 2.75) is 0 Å². The van der Waals surface area contributed by atoms with Crippen LogP contribution in [0.1, 0.15) is 10.5 Å². The molecule has 1 saturated heterocycles. The zero-order chi connectivity index (χ0) is 14.7. The van der Waals surface area contributed by atoms with Gasteiger partial charge >= 0.3 is 0 Å². The smallest absolute Gasteiger partial charge is 0.272 e. The van der Waals surface area contributed by atoms with E-state index < -0.39 is 0 Å². The maximum atomic E-state index is 12.4. The van der Waals surface area contributed by atoms with Crippen LogP contribution in [0.4, 0.5) is 11.4 Å². The topological polar surface area (TPSA) is 46.5 Å². The van der Waals surface area contributed by atoms with Crippen LogP contribution in [-0.4, -0.2) is 36.8 Å². The van der Waals surface area contributed by atoms with Gasteiger partial charge in [-0.2, -0.15) is 0 Å². The van der Waals surface area contributed by atoms with Gasteiger partial charge in [0.25, 0.3) is 5.91 Å². The number of carbonyl (C=O) groups is 1. The second kappa shape index (κ2) is 6.01. The van der Waals surface area contributed by atoms with Crippen LogP contribution in [0.3, 0.4) is 0 Å². The lowest BCUT2D eigenvalue weighted by atomic mass is 10.2. The number of rotatable bonds is 3. The fourth-order valence-corrected chi connectivity index (χ4v) is 2.54. The van der Waals surface area contributed by atoms with E-state index in [2.05, 4.69) is 10.2 Å². The molecule has 0 spiro atoms. The van der Waals surface area contributed by atoms with E-state index >= 15 is 0 Å². The van der Waals surface area contributed by atoms with E-state index in [0.29, 0.717) is 5.69 Å². The predicted octanol–water partition coefficient (Wildman–Crippen LogP) is 2.11. The number of hydrogen-bond acceptors (Lipinski definition) is 3. The molecule has 0 unspecified atom stereocenters. The third kappa shape index (κ3) is 2.92. The van der Waals surface area contributed by atoms with Crippen molar-refractivity contribution in [1.29, 1.82) is 0 Å². The molecule has 0 bridgehead atoms. The number of nitrogens with zero attached hydrogens (tertiary/aromatic N) is 2. The predicted molar refractivity (Wildman–Crippen MR) is 82.8 cm³/mol. The molecule has 1 N–H and O–H groups in total. The molecular weight excluding hydrogens is 266 g/mol. The Kier molecular flexibility index (Phi) is 3.92. The van der Waals surface area contributed by atoms with Crippen molar-refractivity contribution in [1.82, 2.24) is 4.57 Å². The summed E-state index contributed by atoms with van der Waals surface area (Å²) in [7, 11) is 1.86. The molecule has 5 heteroatoms. The molecule has 1 aromatic heterocycles. The molecule has 5 nitrogen and oxygen atoms in total. The summed E-state index contributed by atoms with van der Waals surface area (Å²) >= 11 is 0. The molecule has 0 aliphatic carbocycles. The highest BCUT2D eigenvalue weighted by Crippen LogP contribution is 2.26. The van der Waals surface area contributed by atoms with Crippen molar-refractivity contribution >= 4 is 17.3 Å². The lowest BCUT2D eigenvalue weighted by Crippen LogP contribution is -2.36. The SMILES string of the molecule is Cn1cccc1C(=O)Nc1ccccc1N1CCOCC1. The highest BCUT2D eigenvalue weighted by molar-refractivity contribution is 6.05. The molecule has 1 aliphatic rings. The van der Waals surface area contributed by atoms with Crippen LogP contribution in [-0.2, 0) is 11.8 Å². The Morgan fingerprint density at radius 3 is 2.62 bits per heavy atom. The maximum Gasteiger partial charge on any atom is 0.272 e. The minimum absolute atomic E-state index is 0.0943. The molecule has 1 fully saturated rings. The molecule has 2 aromatic rings. The first-order chi connectivity index (χ1) is 10.3. The molecule has 1 aliphatic heterocycles. The number of amides is 1. The van der Waals surface area contributed by atoms with Gasteiger partial charge in [-0.25, -0.2) is 0 Å². The average Bonchev–Trinajstić information content (AvgIpc) is 2.95. The van der Waals surface area contributed by atoms with E-state index in [1.54, 1.807) is 0 Å². The Morgan fingerprint density at radius 1 is 1.14 bits per heavy atom. The number of anilines is 2. The van der Waals surface area contributed by atoms with E-state index in [9.17, 15) is 4.79 Å². The lowest BCUT2D eigenvalue weighted by molar-refractivity contribution is 0.101. The number of ether oxygens (including phenoxy) is 1. The third-order valence-corrected chi connectivity index (χ3v) is 3.68. The van der Waals surface area contributed by atoms with Gasteiger partial charge in [-0.3, -0.25) is 4.79 Å². The number of carbonyl (C=O) groups excluding carboxylic acids is 1. The summed E-state index contributed by atoms with van der Waals surface area (Å²) in [5.74, 6) is -0.0943. The minimum Gasteiger partial charge on any atom is -0.378 e. The molecule has 2 heterocycles. The molecule has 1 aromatic carbocycles. The van der Waals surface area contributed by atoms with Crippen LogP contribution in [0.5, 0.6) is 0 Å². The van der Waals surface area contributed by atoms with Crippen LogP contribution in [0.25, 0.3) is 0 Å². The summed E-state index contributed by atoms with van der Waals surface area (Å²) in [5.41, 5.74) is 2.53. The van der Waals surface area contributed by atoms with Crippen molar-refractivity contribution in [3.05, 3.63) is 48.3 Å². The Balaban J connectivity index is 1.82. The quantitative estimate of drug-likeness (QED) is 0.939. The van der Waals surface area contributed by atoms with Gasteiger partial charge in [0.05, 0.1) is 24.6 Å². The van der Waals surface area contributed by atoms with Crippen LogP contribution in [0.15, 0.2) is 42.6 Å². The standard InChI is InChI=1S/C16H19N3O2/c1-18-8-4-7-15(18)16(20)17-13-5-2-3-6-14(13)19-9-11-21-12-10-19/h2-8H,9-12H2,1H3,(H,17,20). The first kappa shape index (κ1) is 13.7. The number of aryl methyl sites for hydroxylation is 1. The summed E-state index contributed by atoms with van der Waals surface area (Å²) in [5, 5.41) is 3.01. The molecule has 0 saturated carbocycles. The van der Waals surface area contributed by atoms with Gasteiger partial charge in [-0.1, -0.05) is 12.1 Å². The first-order valence-corrected chi connectivity index (χ1v) is 7.10. The number of para-hydroxylation sites is 2. The van der Waals surface area contributed by atoms with Crippen molar-refractivity contribution < 1.29 is 9.53 Å². The fourth-order valence-electron chi connectivity index (χ4n) is 2.54. The second-order valence-electron chi connectivity index (χ2n) is 5.08. The Labute approximate surface area is 124 Å². The lowest BCUT2D eigenvalue weighted by Gasteiger charge is -2.30. The third-order valence-electron chi connectivity index (χ3n) is 3.68. The van der Waals surface area contributed by atoms with E-state index in [4.69, 9.17) is 4.74 Å². The molecule has 0 radical (unpaired) electrons. The van der Waals surface area contributed by atoms with E-state index in [-0.39, 0.29) is 5.91 Å². The molecule has 1 amide bonds. The van der Waals surface area contributed by atoms with Crippen molar-refractivity contribution in [3.63, 3.8) is 0 Å². The Bertz CT molecular complexity index is 630. The van der Waals surface area contributed by atoms with E-state index in [1.165, 1.54) is 0 Å². The van der Waals surface area contributed by atoms with Crippen molar-refractivity contribution in [2.75, 3.05) is 36.5 Å². The second-order valence-corrected chi connectivity index (χ2v) is 5.08. The fraction of sp³-hybridized carbons (Fsp3) is 0.312. The van der Waals surface area contributed by atoms with Crippen molar-refractivity contribution in [3.8, 4) is 0 Å². The number of benzene rings is 1. The van der Waals surface area contributed by atoms with Crippen LogP contribution < -0.4 is 10.2 Å².